The largest absolute Gasteiger partial charge is 0.481 e. The van der Waals surface area contributed by atoms with Gasteiger partial charge in [-0.15, -0.1) is 0 Å². The first-order valence-corrected chi connectivity index (χ1v) is 9.19. The highest BCUT2D eigenvalue weighted by Crippen LogP contribution is 2.43. The van der Waals surface area contributed by atoms with Crippen molar-refractivity contribution in [3.63, 3.8) is 0 Å². The van der Waals surface area contributed by atoms with E-state index in [1.807, 2.05) is 0 Å². The highest BCUT2D eigenvalue weighted by molar-refractivity contribution is 7.90. The fraction of sp³-hybridized carbons (Fsp3) is 0.150. The summed E-state index contributed by atoms with van der Waals surface area (Å²) in [6.45, 7) is 1.75. The van der Waals surface area contributed by atoms with Gasteiger partial charge in [-0.1, -0.05) is 18.2 Å². The lowest BCUT2D eigenvalue weighted by Crippen LogP contribution is -1.97. The molecular formula is C20H17FO4S. The number of halogens is 1. The molecule has 0 amide bonds. The number of aliphatic carboxylic acids is 1. The molecule has 2 aromatic carbocycles. The minimum Gasteiger partial charge on any atom is -0.481 e. The van der Waals surface area contributed by atoms with Crippen LogP contribution < -0.4 is 0 Å². The summed E-state index contributed by atoms with van der Waals surface area (Å²) in [5.74, 6) is -1.50. The number of hydrogen-bond donors (Lipinski definition) is 1. The molecule has 0 saturated heterocycles. The smallest absolute Gasteiger partial charge is 0.307 e. The van der Waals surface area contributed by atoms with Crippen LogP contribution in [-0.4, -0.2) is 25.7 Å². The van der Waals surface area contributed by atoms with E-state index >= 15 is 0 Å². The number of hydrogen-bond acceptors (Lipinski definition) is 3. The molecule has 26 heavy (non-hydrogen) atoms. The van der Waals surface area contributed by atoms with Gasteiger partial charge in [-0.05, 0) is 70.7 Å². The summed E-state index contributed by atoms with van der Waals surface area (Å²) in [4.78, 5) is 10.9. The van der Waals surface area contributed by atoms with E-state index in [2.05, 4.69) is 0 Å². The summed E-state index contributed by atoms with van der Waals surface area (Å²) in [5.41, 5.74) is 3.68. The van der Waals surface area contributed by atoms with Crippen LogP contribution in [0.1, 0.15) is 34.1 Å². The van der Waals surface area contributed by atoms with Crippen LogP contribution in [0.25, 0.3) is 17.2 Å². The number of sulfone groups is 1. The number of benzene rings is 2. The topological polar surface area (TPSA) is 71.4 Å². The third-order valence-electron chi connectivity index (χ3n) is 4.28. The normalized spacial score (nSPS) is 17.6. The van der Waals surface area contributed by atoms with Crippen LogP contribution in [0.2, 0.25) is 0 Å². The van der Waals surface area contributed by atoms with Gasteiger partial charge >= 0.3 is 5.97 Å². The SMILES string of the molecule is [2H]C([2H])([2H])S(=O)(=O)c1ccc(/C=C2/C(C)=C(CC(=O)O)c3cc(F)ccc32)cc1. The van der Waals surface area contributed by atoms with Crippen molar-refractivity contribution in [2.24, 2.45) is 0 Å². The van der Waals surface area contributed by atoms with E-state index in [9.17, 15) is 22.7 Å². The fourth-order valence-corrected chi connectivity index (χ4v) is 3.54. The molecule has 0 atom stereocenters. The molecule has 1 N–H and O–H groups in total. The zero-order valence-electron chi connectivity index (χ0n) is 16.8. The predicted octanol–water partition coefficient (Wildman–Crippen LogP) is 4.03. The van der Waals surface area contributed by atoms with Crippen LogP contribution in [0.4, 0.5) is 4.39 Å². The molecule has 0 heterocycles. The van der Waals surface area contributed by atoms with Crippen LogP contribution in [0.5, 0.6) is 0 Å². The van der Waals surface area contributed by atoms with Crippen molar-refractivity contribution in [1.29, 1.82) is 0 Å². The molecule has 0 unspecified atom stereocenters. The van der Waals surface area contributed by atoms with Gasteiger partial charge < -0.3 is 5.11 Å². The molecule has 2 aromatic rings. The van der Waals surface area contributed by atoms with Crippen molar-refractivity contribution < 1.29 is 26.8 Å². The first-order chi connectivity index (χ1) is 13.4. The van der Waals surface area contributed by atoms with Crippen LogP contribution in [-0.2, 0) is 14.6 Å². The number of carboxylic acid groups (broad SMARTS) is 1. The second kappa shape index (κ2) is 6.53. The van der Waals surface area contributed by atoms with Gasteiger partial charge in [-0.3, -0.25) is 4.79 Å². The fourth-order valence-electron chi connectivity index (χ4n) is 3.04. The minimum atomic E-state index is -4.44. The Balaban J connectivity index is 2.07. The zero-order valence-corrected chi connectivity index (χ0v) is 14.6. The van der Waals surface area contributed by atoms with Gasteiger partial charge in [-0.25, -0.2) is 12.8 Å². The zero-order chi connectivity index (χ0) is 21.6. The molecule has 0 bridgehead atoms. The Hall–Kier alpha value is -2.73. The van der Waals surface area contributed by atoms with Crippen molar-refractivity contribution in [2.75, 3.05) is 6.18 Å². The van der Waals surface area contributed by atoms with E-state index in [1.165, 1.54) is 36.4 Å². The Morgan fingerprint density at radius 2 is 1.88 bits per heavy atom. The Morgan fingerprint density at radius 1 is 1.19 bits per heavy atom. The first-order valence-electron chi connectivity index (χ1n) is 9.20. The van der Waals surface area contributed by atoms with Crippen LogP contribution in [0, 0.1) is 5.82 Å². The molecule has 0 spiro atoms. The lowest BCUT2D eigenvalue weighted by Gasteiger charge is -2.05. The molecule has 0 aromatic heterocycles. The standard InChI is InChI=1S/C20H17FO4S/c1-12-17(9-13-3-6-15(7-4-13)26(2,24)25)16-8-5-14(21)10-19(16)18(12)11-20(22)23/h3-10H,11H2,1-2H3,(H,22,23)/b17-9-/i2D3. The van der Waals surface area contributed by atoms with E-state index in [4.69, 9.17) is 4.11 Å². The van der Waals surface area contributed by atoms with Crippen molar-refractivity contribution in [3.05, 3.63) is 70.5 Å². The maximum Gasteiger partial charge on any atom is 0.307 e. The molecule has 3 rings (SSSR count). The summed E-state index contributed by atoms with van der Waals surface area (Å²) in [6.07, 6.45) is -1.67. The van der Waals surface area contributed by atoms with Gasteiger partial charge in [0.1, 0.15) is 5.82 Å². The maximum atomic E-state index is 13.7. The monoisotopic (exact) mass is 375 g/mol. The van der Waals surface area contributed by atoms with Crippen molar-refractivity contribution in [2.45, 2.75) is 18.2 Å². The Kier molecular flexibility index (Phi) is 3.63. The van der Waals surface area contributed by atoms with Crippen molar-refractivity contribution in [1.82, 2.24) is 0 Å². The van der Waals surface area contributed by atoms with Gasteiger partial charge in [-0.2, -0.15) is 0 Å². The van der Waals surface area contributed by atoms with Gasteiger partial charge in [0.25, 0.3) is 0 Å². The molecular weight excluding hydrogens is 355 g/mol. The number of carboxylic acids is 1. The number of fused-ring (bicyclic) bond motifs is 1. The maximum absolute atomic E-state index is 13.7. The Bertz CT molecular complexity index is 1160. The molecule has 0 fully saturated rings. The molecule has 1 aliphatic carbocycles. The lowest BCUT2D eigenvalue weighted by molar-refractivity contribution is -0.135. The summed E-state index contributed by atoms with van der Waals surface area (Å²) in [7, 11) is -4.44. The van der Waals surface area contributed by atoms with Crippen LogP contribution in [0.15, 0.2) is 52.9 Å². The average molecular weight is 375 g/mol. The molecule has 134 valence electrons. The molecule has 0 radical (unpaired) electrons. The van der Waals surface area contributed by atoms with Gasteiger partial charge in [0, 0.05) is 10.3 Å². The summed E-state index contributed by atoms with van der Waals surface area (Å²) >= 11 is 0. The Morgan fingerprint density at radius 3 is 2.50 bits per heavy atom. The van der Waals surface area contributed by atoms with E-state index in [-0.39, 0.29) is 11.3 Å². The van der Waals surface area contributed by atoms with Crippen molar-refractivity contribution >= 4 is 33.0 Å². The second-order valence-corrected chi connectivity index (χ2v) is 7.47. The molecule has 6 heteroatoms. The molecule has 0 saturated carbocycles. The highest BCUT2D eigenvalue weighted by Gasteiger charge is 2.25. The van der Waals surface area contributed by atoms with Crippen LogP contribution >= 0.6 is 0 Å². The lowest BCUT2D eigenvalue weighted by atomic mass is 10.0. The number of carbonyl (C=O) groups is 1. The molecule has 4 nitrogen and oxygen atoms in total. The molecule has 1 aliphatic rings. The van der Waals surface area contributed by atoms with E-state index in [0.717, 1.165) is 0 Å². The third kappa shape index (κ3) is 3.46. The van der Waals surface area contributed by atoms with Gasteiger partial charge in [0.2, 0.25) is 0 Å². The van der Waals surface area contributed by atoms with E-state index in [1.54, 1.807) is 19.1 Å². The van der Waals surface area contributed by atoms with Gasteiger partial charge in [0.15, 0.2) is 9.84 Å². The predicted molar refractivity (Wildman–Crippen MR) is 98.7 cm³/mol. The quantitative estimate of drug-likeness (QED) is 0.876. The van der Waals surface area contributed by atoms with Gasteiger partial charge in [0.05, 0.1) is 11.3 Å². The third-order valence-corrected chi connectivity index (χ3v) is 5.18. The second-order valence-electron chi connectivity index (χ2n) is 5.99. The first kappa shape index (κ1) is 14.4. The van der Waals surface area contributed by atoms with Crippen molar-refractivity contribution in [3.8, 4) is 0 Å². The van der Waals surface area contributed by atoms with E-state index in [0.29, 0.717) is 33.4 Å². The Labute approximate surface area is 155 Å². The van der Waals surface area contributed by atoms with Crippen LogP contribution in [0.3, 0.4) is 0 Å². The number of allylic oxidation sites excluding steroid dienone is 2. The summed E-state index contributed by atoms with van der Waals surface area (Å²) in [5, 5.41) is 9.18. The molecule has 0 aliphatic heterocycles. The summed E-state index contributed by atoms with van der Waals surface area (Å²) < 4.78 is 59.2. The van der Waals surface area contributed by atoms with E-state index < -0.39 is 27.8 Å². The number of rotatable bonds is 4. The highest BCUT2D eigenvalue weighted by atomic mass is 32.2. The average Bonchev–Trinajstić information content (AvgIpc) is 2.86. The summed E-state index contributed by atoms with van der Waals surface area (Å²) in [6, 6.07) is 9.52. The minimum absolute atomic E-state index is 0.255.